The Balaban J connectivity index is 3.38. The van der Waals surface area contributed by atoms with Gasteiger partial charge in [-0.25, -0.2) is 9.78 Å². The maximum atomic E-state index is 10.7. The molecule has 0 saturated heterocycles. The fourth-order valence-corrected chi connectivity index (χ4v) is 1.04. The Morgan fingerprint density at radius 1 is 1.46 bits per heavy atom. The maximum Gasteiger partial charge on any atom is 0.341 e. The highest BCUT2D eigenvalue weighted by Crippen LogP contribution is 2.14. The van der Waals surface area contributed by atoms with Crippen molar-refractivity contribution < 1.29 is 9.90 Å². The van der Waals surface area contributed by atoms with Gasteiger partial charge in [-0.15, -0.1) is 0 Å². The van der Waals surface area contributed by atoms with E-state index in [4.69, 9.17) is 16.6 Å². The number of nitrogen functional groups attached to an aromatic ring is 2. The SMILES string of the molecule is CCc1nc(N)nc(N)c1C(=O)O. The van der Waals surface area contributed by atoms with Gasteiger partial charge in [0.05, 0.1) is 5.69 Å². The zero-order chi connectivity index (χ0) is 10.0. The Hall–Kier alpha value is -1.85. The number of rotatable bonds is 2. The summed E-state index contributed by atoms with van der Waals surface area (Å²) in [7, 11) is 0. The van der Waals surface area contributed by atoms with E-state index in [1.54, 1.807) is 6.92 Å². The molecule has 0 aliphatic heterocycles. The first kappa shape index (κ1) is 9.24. The molecule has 0 aliphatic rings. The topological polar surface area (TPSA) is 115 Å². The third-order valence-corrected chi connectivity index (χ3v) is 1.58. The number of carboxylic acids is 1. The first-order valence-corrected chi connectivity index (χ1v) is 3.71. The molecule has 6 heteroatoms. The van der Waals surface area contributed by atoms with Crippen LogP contribution >= 0.6 is 0 Å². The quantitative estimate of drug-likeness (QED) is 0.588. The van der Waals surface area contributed by atoms with Crippen molar-refractivity contribution in [3.63, 3.8) is 0 Å². The van der Waals surface area contributed by atoms with Gasteiger partial charge in [0.15, 0.2) is 0 Å². The first-order chi connectivity index (χ1) is 6.06. The van der Waals surface area contributed by atoms with Gasteiger partial charge in [0.2, 0.25) is 5.95 Å². The van der Waals surface area contributed by atoms with Crippen LogP contribution in [0, 0.1) is 0 Å². The van der Waals surface area contributed by atoms with Crippen molar-refractivity contribution in [3.05, 3.63) is 11.3 Å². The molecule has 1 heterocycles. The lowest BCUT2D eigenvalue weighted by molar-refractivity contribution is 0.0696. The molecule has 0 unspecified atom stereocenters. The van der Waals surface area contributed by atoms with E-state index >= 15 is 0 Å². The highest BCUT2D eigenvalue weighted by atomic mass is 16.4. The summed E-state index contributed by atoms with van der Waals surface area (Å²) >= 11 is 0. The number of nitrogens with two attached hydrogens (primary N) is 2. The van der Waals surface area contributed by atoms with Gasteiger partial charge in [0, 0.05) is 0 Å². The molecule has 0 aliphatic carbocycles. The van der Waals surface area contributed by atoms with Crippen molar-refractivity contribution in [2.24, 2.45) is 0 Å². The number of aromatic nitrogens is 2. The van der Waals surface area contributed by atoms with Gasteiger partial charge in [-0.1, -0.05) is 6.92 Å². The molecular weight excluding hydrogens is 172 g/mol. The summed E-state index contributed by atoms with van der Waals surface area (Å²) in [5.41, 5.74) is 11.0. The smallest absolute Gasteiger partial charge is 0.341 e. The number of aryl methyl sites for hydroxylation is 1. The van der Waals surface area contributed by atoms with Crippen molar-refractivity contribution >= 4 is 17.7 Å². The third kappa shape index (κ3) is 1.66. The van der Waals surface area contributed by atoms with Gasteiger partial charge in [0.1, 0.15) is 11.4 Å². The summed E-state index contributed by atoms with van der Waals surface area (Å²) in [6.07, 6.45) is 0.457. The van der Waals surface area contributed by atoms with Crippen LogP contribution in [-0.4, -0.2) is 21.0 Å². The highest BCUT2D eigenvalue weighted by molar-refractivity contribution is 5.93. The van der Waals surface area contributed by atoms with E-state index in [0.717, 1.165) is 0 Å². The molecule has 1 rings (SSSR count). The number of carboxylic acid groups (broad SMARTS) is 1. The van der Waals surface area contributed by atoms with Crippen LogP contribution < -0.4 is 11.5 Å². The van der Waals surface area contributed by atoms with Crippen LogP contribution in [0.25, 0.3) is 0 Å². The number of hydrogen-bond donors (Lipinski definition) is 3. The average molecular weight is 182 g/mol. The van der Waals surface area contributed by atoms with E-state index in [0.29, 0.717) is 12.1 Å². The summed E-state index contributed by atoms with van der Waals surface area (Å²) < 4.78 is 0. The fourth-order valence-electron chi connectivity index (χ4n) is 1.04. The van der Waals surface area contributed by atoms with E-state index in [2.05, 4.69) is 9.97 Å². The van der Waals surface area contributed by atoms with Gasteiger partial charge in [-0.2, -0.15) is 4.98 Å². The molecule has 0 bridgehead atoms. The van der Waals surface area contributed by atoms with E-state index in [1.807, 2.05) is 0 Å². The van der Waals surface area contributed by atoms with Crippen LogP contribution in [0.4, 0.5) is 11.8 Å². The number of anilines is 2. The normalized spacial score (nSPS) is 9.92. The van der Waals surface area contributed by atoms with E-state index in [-0.39, 0.29) is 17.3 Å². The minimum absolute atomic E-state index is 0.000602. The highest BCUT2D eigenvalue weighted by Gasteiger charge is 2.16. The summed E-state index contributed by atoms with van der Waals surface area (Å²) in [4.78, 5) is 18.1. The summed E-state index contributed by atoms with van der Waals surface area (Å²) in [5.74, 6) is -1.22. The molecule has 6 nitrogen and oxygen atoms in total. The molecule has 0 aromatic carbocycles. The van der Waals surface area contributed by atoms with Crippen LogP contribution in [0.1, 0.15) is 23.0 Å². The second kappa shape index (κ2) is 3.26. The largest absolute Gasteiger partial charge is 0.477 e. The molecule has 0 amide bonds. The molecule has 0 saturated carbocycles. The molecule has 0 atom stereocenters. The number of hydrogen-bond acceptors (Lipinski definition) is 5. The number of aromatic carboxylic acids is 1. The lowest BCUT2D eigenvalue weighted by atomic mass is 10.2. The van der Waals surface area contributed by atoms with Crippen LogP contribution in [0.5, 0.6) is 0 Å². The number of carbonyl (C=O) groups is 1. The summed E-state index contributed by atoms with van der Waals surface area (Å²) in [5, 5.41) is 8.77. The molecule has 70 valence electrons. The minimum Gasteiger partial charge on any atom is -0.477 e. The molecule has 5 N–H and O–H groups in total. The average Bonchev–Trinajstić information content (AvgIpc) is 2.01. The summed E-state index contributed by atoms with van der Waals surface area (Å²) in [6.45, 7) is 1.77. The molecular formula is C7H10N4O2. The van der Waals surface area contributed by atoms with Crippen LogP contribution in [0.2, 0.25) is 0 Å². The molecule has 0 spiro atoms. The predicted octanol–water partition coefficient (Wildman–Crippen LogP) is -0.0984. The zero-order valence-electron chi connectivity index (χ0n) is 7.11. The van der Waals surface area contributed by atoms with Crippen molar-refractivity contribution in [1.29, 1.82) is 0 Å². The lowest BCUT2D eigenvalue weighted by Gasteiger charge is -2.05. The molecule has 13 heavy (non-hydrogen) atoms. The molecule has 1 aromatic heterocycles. The van der Waals surface area contributed by atoms with Crippen molar-refractivity contribution in [2.75, 3.05) is 11.5 Å². The molecule has 0 radical (unpaired) electrons. The monoisotopic (exact) mass is 182 g/mol. The lowest BCUT2D eigenvalue weighted by Crippen LogP contribution is -2.12. The molecule has 0 fully saturated rings. The second-order valence-corrected chi connectivity index (χ2v) is 2.45. The number of nitrogens with zero attached hydrogens (tertiary/aromatic N) is 2. The fraction of sp³-hybridized carbons (Fsp3) is 0.286. The Morgan fingerprint density at radius 2 is 2.08 bits per heavy atom. The van der Waals surface area contributed by atoms with Crippen LogP contribution in [0.15, 0.2) is 0 Å². The zero-order valence-corrected chi connectivity index (χ0v) is 7.11. The third-order valence-electron chi connectivity index (χ3n) is 1.58. The second-order valence-electron chi connectivity index (χ2n) is 2.45. The Morgan fingerprint density at radius 3 is 2.54 bits per heavy atom. The maximum absolute atomic E-state index is 10.7. The van der Waals surface area contributed by atoms with Gasteiger partial charge < -0.3 is 16.6 Å². The van der Waals surface area contributed by atoms with Crippen molar-refractivity contribution in [1.82, 2.24) is 9.97 Å². The first-order valence-electron chi connectivity index (χ1n) is 3.71. The van der Waals surface area contributed by atoms with Gasteiger partial charge in [-0.3, -0.25) is 0 Å². The summed E-state index contributed by atoms with van der Waals surface area (Å²) in [6, 6.07) is 0. The van der Waals surface area contributed by atoms with Crippen LogP contribution in [-0.2, 0) is 6.42 Å². The van der Waals surface area contributed by atoms with Crippen molar-refractivity contribution in [3.8, 4) is 0 Å². The van der Waals surface area contributed by atoms with Crippen LogP contribution in [0.3, 0.4) is 0 Å². The van der Waals surface area contributed by atoms with Gasteiger partial charge in [0.25, 0.3) is 0 Å². The standard InChI is InChI=1S/C7H10N4O2/c1-2-3-4(6(12)13)5(8)11-7(9)10-3/h2H2,1H3,(H,12,13)(H4,8,9,10,11). The van der Waals surface area contributed by atoms with Gasteiger partial charge in [-0.05, 0) is 6.42 Å². The van der Waals surface area contributed by atoms with E-state index < -0.39 is 5.97 Å². The molecule has 1 aromatic rings. The minimum atomic E-state index is -1.13. The van der Waals surface area contributed by atoms with E-state index in [1.165, 1.54) is 0 Å². The Labute approximate surface area is 74.6 Å². The van der Waals surface area contributed by atoms with Gasteiger partial charge >= 0.3 is 5.97 Å². The predicted molar refractivity (Wildman–Crippen MR) is 47.2 cm³/mol. The Kier molecular flexibility index (Phi) is 2.32. The van der Waals surface area contributed by atoms with E-state index in [9.17, 15) is 4.79 Å². The Bertz CT molecular complexity index is 351. The van der Waals surface area contributed by atoms with Crippen molar-refractivity contribution in [2.45, 2.75) is 13.3 Å².